The Morgan fingerprint density at radius 2 is 1.76 bits per heavy atom. The summed E-state index contributed by atoms with van der Waals surface area (Å²) in [7, 11) is -3.18. The maximum Gasteiger partial charge on any atom is 0.160 e. The van der Waals surface area contributed by atoms with Crippen LogP contribution in [-0.2, 0) is 33.2 Å². The van der Waals surface area contributed by atoms with Gasteiger partial charge in [-0.2, -0.15) is 0 Å². The Morgan fingerprint density at radius 1 is 0.966 bits per heavy atom. The number of aromatic nitrogens is 3. The predicted molar refractivity (Wildman–Crippen MR) is 110 cm³/mol. The van der Waals surface area contributed by atoms with E-state index < -0.39 is 9.84 Å². The van der Waals surface area contributed by atoms with Crippen molar-refractivity contribution < 1.29 is 13.2 Å². The summed E-state index contributed by atoms with van der Waals surface area (Å²) < 4.78 is 24.2. The van der Waals surface area contributed by atoms with Gasteiger partial charge in [0, 0.05) is 31.4 Å². The molecule has 4 rings (SSSR count). The highest BCUT2D eigenvalue weighted by Gasteiger charge is 2.36. The van der Waals surface area contributed by atoms with Gasteiger partial charge < -0.3 is 0 Å². The SMILES string of the molecule is O=C(Cc1ccc(-c2cccnc2)cc1)Cc1ccnc(CS(=O)(=O)C2CC2)n1. The molecule has 29 heavy (non-hydrogen) atoms. The number of rotatable bonds is 8. The standard InChI is InChI=1S/C22H21N3O3S/c26-20(12-16-3-5-17(6-4-16)18-2-1-10-23-14-18)13-19-9-11-24-22(25-19)15-29(27,28)21-7-8-21/h1-6,9-11,14,21H,7-8,12-13,15H2. The lowest BCUT2D eigenvalue weighted by Gasteiger charge is -2.06. The molecule has 0 aliphatic heterocycles. The van der Waals surface area contributed by atoms with Crippen molar-refractivity contribution in [2.45, 2.75) is 36.7 Å². The zero-order valence-corrected chi connectivity index (χ0v) is 16.7. The first-order chi connectivity index (χ1) is 14.0. The van der Waals surface area contributed by atoms with Crippen molar-refractivity contribution in [3.8, 4) is 11.1 Å². The number of carbonyl (C=O) groups excluding carboxylic acids is 1. The van der Waals surface area contributed by atoms with Gasteiger partial charge >= 0.3 is 0 Å². The Balaban J connectivity index is 1.38. The summed E-state index contributed by atoms with van der Waals surface area (Å²) in [6.07, 6.45) is 6.96. The van der Waals surface area contributed by atoms with Crippen molar-refractivity contribution >= 4 is 15.6 Å². The number of hydrogen-bond donors (Lipinski definition) is 0. The highest BCUT2D eigenvalue weighted by atomic mass is 32.2. The summed E-state index contributed by atoms with van der Waals surface area (Å²) in [6, 6.07) is 13.4. The van der Waals surface area contributed by atoms with Gasteiger partial charge in [-0.15, -0.1) is 0 Å². The Hall–Kier alpha value is -2.93. The molecule has 0 atom stereocenters. The van der Waals surface area contributed by atoms with E-state index in [1.165, 1.54) is 6.20 Å². The molecule has 7 heteroatoms. The molecule has 1 aromatic carbocycles. The fourth-order valence-corrected chi connectivity index (χ4v) is 4.76. The summed E-state index contributed by atoms with van der Waals surface area (Å²) in [6.45, 7) is 0. The number of ketones is 1. The van der Waals surface area contributed by atoms with Crippen molar-refractivity contribution in [3.05, 3.63) is 78.1 Å². The van der Waals surface area contributed by atoms with E-state index in [0.717, 1.165) is 29.5 Å². The molecule has 2 aromatic heterocycles. The third kappa shape index (κ3) is 5.12. The lowest BCUT2D eigenvalue weighted by Crippen LogP contribution is -2.14. The van der Waals surface area contributed by atoms with Crippen molar-refractivity contribution in [2.24, 2.45) is 0 Å². The van der Waals surface area contributed by atoms with Crippen LogP contribution in [-0.4, -0.2) is 34.4 Å². The van der Waals surface area contributed by atoms with Crippen LogP contribution in [0.5, 0.6) is 0 Å². The van der Waals surface area contributed by atoms with Gasteiger partial charge in [0.05, 0.1) is 10.9 Å². The Morgan fingerprint density at radius 3 is 2.45 bits per heavy atom. The number of nitrogens with zero attached hydrogens (tertiary/aromatic N) is 3. The van der Waals surface area contributed by atoms with Crippen molar-refractivity contribution in [1.29, 1.82) is 0 Å². The molecule has 3 aromatic rings. The van der Waals surface area contributed by atoms with Gasteiger partial charge in [0.25, 0.3) is 0 Å². The van der Waals surface area contributed by atoms with Gasteiger partial charge in [0.1, 0.15) is 17.4 Å². The van der Waals surface area contributed by atoms with Gasteiger partial charge in [0.2, 0.25) is 0 Å². The van der Waals surface area contributed by atoms with Crippen LogP contribution in [0.1, 0.15) is 29.9 Å². The quantitative estimate of drug-likeness (QED) is 0.570. The lowest BCUT2D eigenvalue weighted by molar-refractivity contribution is -0.117. The first-order valence-corrected chi connectivity index (χ1v) is 11.2. The summed E-state index contributed by atoms with van der Waals surface area (Å²) in [4.78, 5) is 24.9. The van der Waals surface area contributed by atoms with Crippen LogP contribution in [0.25, 0.3) is 11.1 Å². The Bertz CT molecular complexity index is 1110. The topological polar surface area (TPSA) is 89.9 Å². The first kappa shape index (κ1) is 19.4. The highest BCUT2D eigenvalue weighted by molar-refractivity contribution is 7.91. The molecule has 0 N–H and O–H groups in total. The number of carbonyl (C=O) groups is 1. The van der Waals surface area contributed by atoms with Gasteiger partial charge in [-0.25, -0.2) is 18.4 Å². The van der Waals surface area contributed by atoms with E-state index >= 15 is 0 Å². The summed E-state index contributed by atoms with van der Waals surface area (Å²) >= 11 is 0. The molecule has 1 saturated carbocycles. The molecule has 1 aliphatic carbocycles. The van der Waals surface area contributed by atoms with Gasteiger partial charge in [-0.3, -0.25) is 9.78 Å². The zero-order valence-electron chi connectivity index (χ0n) is 15.9. The van der Waals surface area contributed by atoms with Crippen LogP contribution < -0.4 is 0 Å². The van der Waals surface area contributed by atoms with E-state index in [0.29, 0.717) is 12.1 Å². The number of benzene rings is 1. The van der Waals surface area contributed by atoms with Crippen LogP contribution in [0.2, 0.25) is 0 Å². The maximum absolute atomic E-state index is 12.5. The molecule has 0 saturated heterocycles. The Labute approximate surface area is 170 Å². The molecule has 6 nitrogen and oxygen atoms in total. The van der Waals surface area contributed by atoms with Gasteiger partial charge in [-0.05, 0) is 41.7 Å². The largest absolute Gasteiger partial charge is 0.299 e. The number of Topliss-reactive ketones (excluding diaryl/α,β-unsaturated/α-hetero) is 1. The molecule has 2 heterocycles. The van der Waals surface area contributed by atoms with Crippen LogP contribution in [0.3, 0.4) is 0 Å². The molecular weight excluding hydrogens is 386 g/mol. The van der Waals surface area contributed by atoms with Gasteiger partial charge in [0.15, 0.2) is 9.84 Å². The van der Waals surface area contributed by atoms with E-state index in [-0.39, 0.29) is 29.0 Å². The minimum atomic E-state index is -3.18. The molecule has 0 unspecified atom stereocenters. The van der Waals surface area contributed by atoms with Gasteiger partial charge in [-0.1, -0.05) is 30.3 Å². The minimum absolute atomic E-state index is 0.0221. The van der Waals surface area contributed by atoms with E-state index in [2.05, 4.69) is 15.0 Å². The van der Waals surface area contributed by atoms with Crippen molar-refractivity contribution in [3.63, 3.8) is 0 Å². The van der Waals surface area contributed by atoms with Crippen LogP contribution in [0, 0.1) is 0 Å². The number of sulfone groups is 1. The van der Waals surface area contributed by atoms with E-state index in [9.17, 15) is 13.2 Å². The molecule has 0 radical (unpaired) electrons. The summed E-state index contributed by atoms with van der Waals surface area (Å²) in [5, 5.41) is -0.244. The van der Waals surface area contributed by atoms with Crippen molar-refractivity contribution in [2.75, 3.05) is 0 Å². The average Bonchev–Trinajstić information content (AvgIpc) is 3.55. The number of pyridine rings is 1. The fraction of sp³-hybridized carbons (Fsp3) is 0.273. The lowest BCUT2D eigenvalue weighted by atomic mass is 10.0. The summed E-state index contributed by atoms with van der Waals surface area (Å²) in [5.41, 5.74) is 3.55. The molecule has 0 spiro atoms. The molecule has 148 valence electrons. The maximum atomic E-state index is 12.5. The number of hydrogen-bond acceptors (Lipinski definition) is 6. The second kappa shape index (κ2) is 8.21. The minimum Gasteiger partial charge on any atom is -0.299 e. The van der Waals surface area contributed by atoms with Crippen LogP contribution in [0.15, 0.2) is 61.1 Å². The first-order valence-electron chi connectivity index (χ1n) is 9.53. The van der Waals surface area contributed by atoms with Crippen LogP contribution in [0.4, 0.5) is 0 Å². The molecule has 0 amide bonds. The Kier molecular flexibility index (Phi) is 5.49. The van der Waals surface area contributed by atoms with Crippen molar-refractivity contribution in [1.82, 2.24) is 15.0 Å². The molecule has 1 aliphatic rings. The predicted octanol–water partition coefficient (Wildman–Crippen LogP) is 2.97. The summed E-state index contributed by atoms with van der Waals surface area (Å²) in [5.74, 6) is 0.132. The third-order valence-electron chi connectivity index (χ3n) is 4.85. The molecule has 1 fully saturated rings. The highest BCUT2D eigenvalue weighted by Crippen LogP contribution is 2.30. The monoisotopic (exact) mass is 407 g/mol. The molecular formula is C22H21N3O3S. The fourth-order valence-electron chi connectivity index (χ4n) is 3.17. The smallest absolute Gasteiger partial charge is 0.160 e. The van der Waals surface area contributed by atoms with E-state index in [4.69, 9.17) is 0 Å². The van der Waals surface area contributed by atoms with E-state index in [1.807, 2.05) is 36.4 Å². The second-order valence-electron chi connectivity index (χ2n) is 7.30. The third-order valence-corrected chi connectivity index (χ3v) is 7.00. The molecule has 0 bridgehead atoms. The van der Waals surface area contributed by atoms with E-state index in [1.54, 1.807) is 18.5 Å². The zero-order chi connectivity index (χ0) is 20.3. The normalized spacial score (nSPS) is 13.9. The van der Waals surface area contributed by atoms with Crippen LogP contribution >= 0.6 is 0 Å². The average molecular weight is 407 g/mol. The second-order valence-corrected chi connectivity index (χ2v) is 9.58.